The lowest BCUT2D eigenvalue weighted by atomic mass is 10.1. The molecule has 1 unspecified atom stereocenters. The van der Waals surface area contributed by atoms with E-state index in [-0.39, 0.29) is 5.95 Å². The molecule has 5 N–H and O–H groups in total. The van der Waals surface area contributed by atoms with Gasteiger partial charge in [-0.25, -0.2) is 9.97 Å². The Morgan fingerprint density at radius 1 is 1.36 bits per heavy atom. The van der Waals surface area contributed by atoms with Crippen LogP contribution in [0.1, 0.15) is 23.0 Å². The van der Waals surface area contributed by atoms with Gasteiger partial charge in [0.2, 0.25) is 5.95 Å². The third kappa shape index (κ3) is 1.80. The summed E-state index contributed by atoms with van der Waals surface area (Å²) in [5.41, 5.74) is 12.3. The van der Waals surface area contributed by atoms with Crippen LogP contribution in [-0.4, -0.2) is 21.0 Å². The summed E-state index contributed by atoms with van der Waals surface area (Å²) < 4.78 is 0. The van der Waals surface area contributed by atoms with Crippen LogP contribution in [-0.2, 0) is 4.79 Å². The van der Waals surface area contributed by atoms with Gasteiger partial charge in [0.25, 0.3) is 0 Å². The molecule has 0 saturated heterocycles. The molecule has 0 amide bonds. The van der Waals surface area contributed by atoms with Crippen molar-refractivity contribution in [3.63, 3.8) is 0 Å². The zero-order valence-corrected chi connectivity index (χ0v) is 7.98. The molecule has 0 bridgehead atoms. The van der Waals surface area contributed by atoms with Crippen molar-refractivity contribution in [3.8, 4) is 0 Å². The van der Waals surface area contributed by atoms with Gasteiger partial charge in [-0.15, -0.1) is 0 Å². The number of aromatic nitrogens is 2. The second-order valence-corrected chi connectivity index (χ2v) is 2.98. The summed E-state index contributed by atoms with van der Waals surface area (Å²) in [4.78, 5) is 18.4. The Morgan fingerprint density at radius 3 is 2.14 bits per heavy atom. The fraction of sp³-hybridized carbons (Fsp3) is 0.375. The van der Waals surface area contributed by atoms with Gasteiger partial charge in [0.05, 0.1) is 0 Å². The van der Waals surface area contributed by atoms with Gasteiger partial charge < -0.3 is 16.6 Å². The van der Waals surface area contributed by atoms with Gasteiger partial charge in [0.15, 0.2) is 0 Å². The molecule has 1 rings (SSSR count). The molecule has 0 aliphatic heterocycles. The van der Waals surface area contributed by atoms with Crippen molar-refractivity contribution in [3.05, 3.63) is 17.0 Å². The Labute approximate surface area is 81.0 Å². The molecule has 6 nitrogen and oxygen atoms in total. The number of hydrogen-bond acceptors (Lipinski definition) is 5. The van der Waals surface area contributed by atoms with Crippen molar-refractivity contribution in [2.75, 3.05) is 5.73 Å². The molecule has 76 valence electrons. The van der Waals surface area contributed by atoms with E-state index in [1.807, 2.05) is 0 Å². The minimum atomic E-state index is -1.11. The van der Waals surface area contributed by atoms with Crippen molar-refractivity contribution < 1.29 is 9.90 Å². The molecule has 0 aliphatic carbocycles. The van der Waals surface area contributed by atoms with Gasteiger partial charge in [-0.1, -0.05) is 0 Å². The van der Waals surface area contributed by atoms with Gasteiger partial charge in [-0.3, -0.25) is 4.79 Å². The highest BCUT2D eigenvalue weighted by Crippen LogP contribution is 2.18. The first kappa shape index (κ1) is 10.4. The Hall–Kier alpha value is -1.69. The van der Waals surface area contributed by atoms with Crippen molar-refractivity contribution >= 4 is 11.9 Å². The highest BCUT2D eigenvalue weighted by atomic mass is 16.4. The van der Waals surface area contributed by atoms with E-state index in [9.17, 15) is 4.79 Å². The molecule has 0 aliphatic rings. The molecule has 1 heterocycles. The smallest absolute Gasteiger partial charge is 0.325 e. The third-order valence-corrected chi connectivity index (χ3v) is 1.92. The highest BCUT2D eigenvalue weighted by Gasteiger charge is 2.20. The average Bonchev–Trinajstić information content (AvgIpc) is 2.01. The van der Waals surface area contributed by atoms with Crippen LogP contribution in [0.5, 0.6) is 0 Å². The number of carboxylic acids is 1. The summed E-state index contributed by atoms with van der Waals surface area (Å²) in [6, 6.07) is -1.10. The van der Waals surface area contributed by atoms with E-state index >= 15 is 0 Å². The summed E-state index contributed by atoms with van der Waals surface area (Å²) in [5.74, 6) is -0.981. The summed E-state index contributed by atoms with van der Waals surface area (Å²) >= 11 is 0. The monoisotopic (exact) mass is 196 g/mol. The number of rotatable bonds is 2. The maximum Gasteiger partial charge on any atom is 0.325 e. The molecule has 1 aromatic rings. The maximum absolute atomic E-state index is 10.7. The van der Waals surface area contributed by atoms with E-state index in [1.54, 1.807) is 13.8 Å². The number of carbonyl (C=O) groups is 1. The zero-order valence-electron chi connectivity index (χ0n) is 7.98. The number of aryl methyl sites for hydroxylation is 2. The van der Waals surface area contributed by atoms with Crippen LogP contribution in [0.3, 0.4) is 0 Å². The van der Waals surface area contributed by atoms with Crippen LogP contribution in [0.15, 0.2) is 0 Å². The van der Waals surface area contributed by atoms with E-state index in [4.69, 9.17) is 16.6 Å². The van der Waals surface area contributed by atoms with Crippen LogP contribution < -0.4 is 11.5 Å². The lowest BCUT2D eigenvalue weighted by molar-refractivity contribution is -0.138. The minimum Gasteiger partial charge on any atom is -0.480 e. The number of nitrogen functional groups attached to an aromatic ring is 1. The maximum atomic E-state index is 10.7. The molecule has 0 radical (unpaired) electrons. The SMILES string of the molecule is Cc1nc(N)nc(C)c1C(N)C(=O)O. The largest absolute Gasteiger partial charge is 0.480 e. The second-order valence-electron chi connectivity index (χ2n) is 2.98. The number of anilines is 1. The average molecular weight is 196 g/mol. The molecule has 0 aromatic carbocycles. The molecule has 0 fully saturated rings. The van der Waals surface area contributed by atoms with Crippen LogP contribution >= 0.6 is 0 Å². The molecule has 0 spiro atoms. The Morgan fingerprint density at radius 2 is 1.79 bits per heavy atom. The van der Waals surface area contributed by atoms with Gasteiger partial charge in [0, 0.05) is 17.0 Å². The van der Waals surface area contributed by atoms with E-state index in [0.717, 1.165) is 0 Å². The quantitative estimate of drug-likeness (QED) is 0.601. The summed E-state index contributed by atoms with van der Waals surface area (Å²) in [6.45, 7) is 3.31. The Balaban J connectivity index is 3.27. The predicted octanol–water partition coefficient (Wildman–Crippen LogP) is -0.240. The van der Waals surface area contributed by atoms with Gasteiger partial charge in [0.1, 0.15) is 6.04 Å². The standard InChI is InChI=1S/C8H12N4O2/c1-3-5(6(9)7(13)14)4(2)12-8(10)11-3/h6H,9H2,1-2H3,(H,13,14)(H2,10,11,12). The van der Waals surface area contributed by atoms with Crippen LogP contribution in [0.4, 0.5) is 5.95 Å². The molecule has 1 atom stereocenters. The summed E-state index contributed by atoms with van der Waals surface area (Å²) in [7, 11) is 0. The Bertz CT molecular complexity index is 355. The van der Waals surface area contributed by atoms with Crippen molar-refractivity contribution in [2.45, 2.75) is 19.9 Å². The van der Waals surface area contributed by atoms with E-state index < -0.39 is 12.0 Å². The summed E-state index contributed by atoms with van der Waals surface area (Å²) in [6.07, 6.45) is 0. The third-order valence-electron chi connectivity index (χ3n) is 1.92. The second kappa shape index (κ2) is 3.59. The van der Waals surface area contributed by atoms with E-state index in [1.165, 1.54) is 0 Å². The zero-order chi connectivity index (χ0) is 10.9. The van der Waals surface area contributed by atoms with Crippen LogP contribution in [0.25, 0.3) is 0 Å². The van der Waals surface area contributed by atoms with Crippen molar-refractivity contribution in [1.29, 1.82) is 0 Å². The number of nitrogens with zero attached hydrogens (tertiary/aromatic N) is 2. The lowest BCUT2D eigenvalue weighted by Crippen LogP contribution is -2.24. The predicted molar refractivity (Wildman–Crippen MR) is 50.5 cm³/mol. The molecule has 0 saturated carbocycles. The van der Waals surface area contributed by atoms with Crippen LogP contribution in [0, 0.1) is 13.8 Å². The first-order valence-electron chi connectivity index (χ1n) is 4.02. The number of hydrogen-bond donors (Lipinski definition) is 3. The van der Waals surface area contributed by atoms with Gasteiger partial charge in [-0.2, -0.15) is 0 Å². The fourth-order valence-electron chi connectivity index (χ4n) is 1.32. The van der Waals surface area contributed by atoms with E-state index in [0.29, 0.717) is 17.0 Å². The normalized spacial score (nSPS) is 12.5. The first-order valence-corrected chi connectivity index (χ1v) is 4.02. The first-order chi connectivity index (χ1) is 6.43. The Kier molecular flexibility index (Phi) is 2.66. The van der Waals surface area contributed by atoms with Crippen LogP contribution in [0.2, 0.25) is 0 Å². The minimum absolute atomic E-state index is 0.126. The van der Waals surface area contributed by atoms with Crippen molar-refractivity contribution in [1.82, 2.24) is 9.97 Å². The summed E-state index contributed by atoms with van der Waals surface area (Å²) in [5, 5.41) is 8.74. The topological polar surface area (TPSA) is 115 Å². The fourth-order valence-corrected chi connectivity index (χ4v) is 1.32. The number of aliphatic carboxylic acids is 1. The number of nitrogens with two attached hydrogens (primary N) is 2. The molecular weight excluding hydrogens is 184 g/mol. The van der Waals surface area contributed by atoms with E-state index in [2.05, 4.69) is 9.97 Å². The molecular formula is C8H12N4O2. The molecule has 6 heteroatoms. The van der Waals surface area contributed by atoms with Crippen molar-refractivity contribution in [2.24, 2.45) is 5.73 Å². The molecule has 1 aromatic heterocycles. The number of carboxylic acid groups (broad SMARTS) is 1. The van der Waals surface area contributed by atoms with Gasteiger partial charge in [-0.05, 0) is 13.8 Å². The molecule has 14 heavy (non-hydrogen) atoms. The lowest BCUT2D eigenvalue weighted by Gasteiger charge is -2.12. The highest BCUT2D eigenvalue weighted by molar-refractivity contribution is 5.76. The van der Waals surface area contributed by atoms with Gasteiger partial charge >= 0.3 is 5.97 Å².